The van der Waals surface area contributed by atoms with Gasteiger partial charge in [0.05, 0.1) is 6.54 Å². The molecule has 2 aromatic rings. The van der Waals surface area contributed by atoms with Gasteiger partial charge in [-0.3, -0.25) is 4.79 Å². The number of carbonyl (C=O) groups excluding carboxylic acids is 2. The third kappa shape index (κ3) is 3.76. The van der Waals surface area contributed by atoms with Crippen LogP contribution in [-0.2, 0) is 11.3 Å². The van der Waals surface area contributed by atoms with Crippen LogP contribution in [0.2, 0.25) is 0 Å². The number of carbonyl (C=O) groups is 2. The standard InChI is InChI=1S/C20H26FN5O2/c21-20(6-2-7-20)18(27)26-8-1-3-15(12-26)25-19(28)23-11-16-10-13-9-14(22)4-5-17(13)24-16/h4-5,9-10,15,24H,1-3,6-8,11-12,22H2,(H2,23,25,28)/t15-/m1/s1. The van der Waals surface area contributed by atoms with Gasteiger partial charge in [0.15, 0.2) is 5.67 Å². The van der Waals surface area contributed by atoms with Crippen molar-refractivity contribution in [2.24, 2.45) is 0 Å². The van der Waals surface area contributed by atoms with Crippen molar-refractivity contribution >= 4 is 28.5 Å². The van der Waals surface area contributed by atoms with E-state index in [9.17, 15) is 14.0 Å². The van der Waals surface area contributed by atoms with E-state index in [0.717, 1.165) is 35.9 Å². The van der Waals surface area contributed by atoms with E-state index in [-0.39, 0.29) is 12.1 Å². The molecule has 3 amide bonds. The van der Waals surface area contributed by atoms with Crippen LogP contribution in [0.3, 0.4) is 0 Å². The number of piperidine rings is 1. The van der Waals surface area contributed by atoms with Crippen LogP contribution in [0.5, 0.6) is 0 Å². The van der Waals surface area contributed by atoms with Crippen molar-refractivity contribution in [1.29, 1.82) is 0 Å². The minimum atomic E-state index is -1.68. The number of aromatic amines is 1. The molecule has 1 saturated heterocycles. The number of anilines is 1. The highest BCUT2D eigenvalue weighted by Gasteiger charge is 2.47. The Balaban J connectivity index is 1.28. The molecule has 0 spiro atoms. The molecule has 2 fully saturated rings. The molecule has 7 nitrogen and oxygen atoms in total. The number of hydrogen-bond donors (Lipinski definition) is 4. The van der Waals surface area contributed by atoms with Gasteiger partial charge in [-0.05, 0) is 56.4 Å². The van der Waals surface area contributed by atoms with Crippen molar-refractivity contribution in [2.45, 2.75) is 50.4 Å². The van der Waals surface area contributed by atoms with Gasteiger partial charge in [0.25, 0.3) is 5.91 Å². The number of amides is 3. The Hall–Kier alpha value is -2.77. The third-order valence-corrected chi connectivity index (χ3v) is 5.71. The highest BCUT2D eigenvalue weighted by molar-refractivity contribution is 5.86. The van der Waals surface area contributed by atoms with Gasteiger partial charge in [0.2, 0.25) is 0 Å². The summed E-state index contributed by atoms with van der Waals surface area (Å²) in [7, 11) is 0. The summed E-state index contributed by atoms with van der Waals surface area (Å²) >= 11 is 0. The molecular weight excluding hydrogens is 361 g/mol. The van der Waals surface area contributed by atoms with E-state index in [2.05, 4.69) is 15.6 Å². The Bertz CT molecular complexity index is 892. The van der Waals surface area contributed by atoms with Crippen molar-refractivity contribution in [3.8, 4) is 0 Å². The van der Waals surface area contributed by atoms with Gasteiger partial charge in [-0.1, -0.05) is 0 Å². The van der Waals surface area contributed by atoms with Crippen molar-refractivity contribution in [2.75, 3.05) is 18.8 Å². The summed E-state index contributed by atoms with van der Waals surface area (Å²) in [6.07, 6.45) is 2.94. The average molecular weight is 387 g/mol. The molecule has 0 unspecified atom stereocenters. The maximum absolute atomic E-state index is 14.4. The number of rotatable bonds is 4. The summed E-state index contributed by atoms with van der Waals surface area (Å²) in [5.41, 5.74) is 6.64. The van der Waals surface area contributed by atoms with Crippen LogP contribution in [0, 0.1) is 0 Å². The van der Waals surface area contributed by atoms with Crippen molar-refractivity contribution in [3.05, 3.63) is 30.0 Å². The second-order valence-corrected chi connectivity index (χ2v) is 7.88. The lowest BCUT2D eigenvalue weighted by Crippen LogP contribution is -2.57. The number of nitrogen functional groups attached to an aromatic ring is 1. The van der Waals surface area contributed by atoms with E-state index in [1.54, 1.807) is 4.90 Å². The third-order valence-electron chi connectivity index (χ3n) is 5.71. The number of nitrogens with two attached hydrogens (primary N) is 1. The maximum atomic E-state index is 14.4. The van der Waals surface area contributed by atoms with E-state index < -0.39 is 11.6 Å². The molecule has 0 radical (unpaired) electrons. The van der Waals surface area contributed by atoms with Crippen LogP contribution in [0.1, 0.15) is 37.8 Å². The molecule has 1 saturated carbocycles. The molecule has 2 aliphatic rings. The van der Waals surface area contributed by atoms with Crippen LogP contribution in [0.25, 0.3) is 10.9 Å². The van der Waals surface area contributed by atoms with Crippen LogP contribution in [-0.4, -0.2) is 46.6 Å². The fourth-order valence-corrected chi connectivity index (χ4v) is 3.98. The van der Waals surface area contributed by atoms with Crippen molar-refractivity contribution in [3.63, 3.8) is 0 Å². The molecular formula is C20H26FN5O2. The van der Waals surface area contributed by atoms with Crippen molar-refractivity contribution in [1.82, 2.24) is 20.5 Å². The van der Waals surface area contributed by atoms with Gasteiger partial charge < -0.3 is 26.3 Å². The van der Waals surface area contributed by atoms with Gasteiger partial charge in [0, 0.05) is 41.4 Å². The van der Waals surface area contributed by atoms with E-state index in [1.807, 2.05) is 24.3 Å². The Labute approximate surface area is 162 Å². The van der Waals surface area contributed by atoms with Gasteiger partial charge in [-0.15, -0.1) is 0 Å². The molecule has 28 heavy (non-hydrogen) atoms. The predicted octanol–water partition coefficient (Wildman–Crippen LogP) is 2.43. The zero-order valence-corrected chi connectivity index (χ0v) is 15.8. The summed E-state index contributed by atoms with van der Waals surface area (Å²) in [5, 5.41) is 6.73. The Morgan fingerprint density at radius 2 is 2.11 bits per heavy atom. The largest absolute Gasteiger partial charge is 0.399 e. The number of likely N-dealkylation sites (tertiary alicyclic amines) is 1. The number of nitrogens with one attached hydrogen (secondary N) is 3. The van der Waals surface area contributed by atoms with Gasteiger partial charge in [-0.25, -0.2) is 9.18 Å². The molecule has 1 aliphatic heterocycles. The van der Waals surface area contributed by atoms with Crippen molar-refractivity contribution < 1.29 is 14.0 Å². The first-order chi connectivity index (χ1) is 13.4. The predicted molar refractivity (Wildman–Crippen MR) is 105 cm³/mol. The fraction of sp³-hybridized carbons (Fsp3) is 0.500. The topological polar surface area (TPSA) is 103 Å². The molecule has 150 valence electrons. The smallest absolute Gasteiger partial charge is 0.315 e. The molecule has 5 N–H and O–H groups in total. The SMILES string of the molecule is Nc1ccc2[nH]c(CNC(=O)N[C@@H]3CCCN(C(=O)C4(F)CCC4)C3)cc2c1. The van der Waals surface area contributed by atoms with Crippen LogP contribution in [0.15, 0.2) is 24.3 Å². The number of alkyl halides is 1. The first-order valence-electron chi connectivity index (χ1n) is 9.83. The number of benzene rings is 1. The quantitative estimate of drug-likeness (QED) is 0.606. The number of nitrogens with zero attached hydrogens (tertiary/aromatic N) is 1. The molecule has 1 aromatic heterocycles. The van der Waals surface area contributed by atoms with Gasteiger partial charge in [0.1, 0.15) is 0 Å². The minimum absolute atomic E-state index is 0.163. The average Bonchev–Trinajstić information content (AvgIpc) is 3.06. The lowest BCUT2D eigenvalue weighted by atomic mass is 9.80. The number of urea groups is 1. The van der Waals surface area contributed by atoms with E-state index in [4.69, 9.17) is 5.73 Å². The molecule has 2 heterocycles. The Morgan fingerprint density at radius 3 is 2.86 bits per heavy atom. The lowest BCUT2D eigenvalue weighted by molar-refractivity contribution is -0.151. The summed E-state index contributed by atoms with van der Waals surface area (Å²) in [4.78, 5) is 29.4. The van der Waals surface area contributed by atoms with Gasteiger partial charge in [-0.2, -0.15) is 0 Å². The van der Waals surface area contributed by atoms with E-state index >= 15 is 0 Å². The van der Waals surface area contributed by atoms with Crippen LogP contribution >= 0.6 is 0 Å². The fourth-order valence-electron chi connectivity index (χ4n) is 3.98. The highest BCUT2D eigenvalue weighted by atomic mass is 19.1. The maximum Gasteiger partial charge on any atom is 0.315 e. The van der Waals surface area contributed by atoms with Crippen LogP contribution in [0.4, 0.5) is 14.9 Å². The Kier molecular flexibility index (Phi) is 4.87. The summed E-state index contributed by atoms with van der Waals surface area (Å²) in [5.74, 6) is -0.414. The van der Waals surface area contributed by atoms with E-state index in [0.29, 0.717) is 38.2 Å². The second-order valence-electron chi connectivity index (χ2n) is 7.88. The zero-order chi connectivity index (χ0) is 19.7. The number of halogens is 1. The number of aromatic nitrogens is 1. The molecule has 8 heteroatoms. The minimum Gasteiger partial charge on any atom is -0.399 e. The van der Waals surface area contributed by atoms with Crippen LogP contribution < -0.4 is 16.4 Å². The molecule has 0 bridgehead atoms. The molecule has 1 aromatic carbocycles. The number of H-pyrrole nitrogens is 1. The first kappa shape index (κ1) is 18.6. The molecule has 4 rings (SSSR count). The summed E-state index contributed by atoms with van der Waals surface area (Å²) < 4.78 is 14.4. The number of hydrogen-bond acceptors (Lipinski definition) is 3. The number of fused-ring (bicyclic) bond motifs is 1. The lowest BCUT2D eigenvalue weighted by Gasteiger charge is -2.40. The summed E-state index contributed by atoms with van der Waals surface area (Å²) in [6, 6.07) is 7.10. The first-order valence-corrected chi connectivity index (χ1v) is 9.83. The highest BCUT2D eigenvalue weighted by Crippen LogP contribution is 2.38. The molecule has 1 atom stereocenters. The van der Waals surface area contributed by atoms with E-state index in [1.165, 1.54) is 0 Å². The zero-order valence-electron chi connectivity index (χ0n) is 15.8. The normalized spacial score (nSPS) is 21.2. The summed E-state index contributed by atoms with van der Waals surface area (Å²) in [6.45, 7) is 1.27. The Morgan fingerprint density at radius 1 is 1.29 bits per heavy atom. The monoisotopic (exact) mass is 387 g/mol. The molecule has 1 aliphatic carbocycles. The van der Waals surface area contributed by atoms with Gasteiger partial charge >= 0.3 is 6.03 Å². The second kappa shape index (κ2) is 7.33.